The average molecular weight is 388 g/mol. The Morgan fingerprint density at radius 1 is 1.00 bits per heavy atom. The molecular formula is C20H25N3O3S. The number of rotatable bonds is 4. The van der Waals surface area contributed by atoms with Crippen LogP contribution in [0.25, 0.3) is 0 Å². The molecular weight excluding hydrogens is 362 g/mol. The van der Waals surface area contributed by atoms with Crippen molar-refractivity contribution >= 4 is 27.3 Å². The Kier molecular flexibility index (Phi) is 5.41. The van der Waals surface area contributed by atoms with Gasteiger partial charge in [-0.1, -0.05) is 18.2 Å². The van der Waals surface area contributed by atoms with Crippen LogP contribution < -0.4 is 9.62 Å². The molecule has 0 unspecified atom stereocenters. The smallest absolute Gasteiger partial charge is 0.262 e. The van der Waals surface area contributed by atoms with E-state index in [4.69, 9.17) is 0 Å². The highest BCUT2D eigenvalue weighted by molar-refractivity contribution is 7.92. The maximum Gasteiger partial charge on any atom is 0.262 e. The van der Waals surface area contributed by atoms with Gasteiger partial charge in [0.1, 0.15) is 0 Å². The Morgan fingerprint density at radius 2 is 1.70 bits per heavy atom. The Labute approximate surface area is 160 Å². The third-order valence-electron chi connectivity index (χ3n) is 4.82. The van der Waals surface area contributed by atoms with E-state index < -0.39 is 10.0 Å². The zero-order chi connectivity index (χ0) is 19.6. The quantitative estimate of drug-likeness (QED) is 0.876. The molecule has 3 rings (SSSR count). The monoisotopic (exact) mass is 387 g/mol. The summed E-state index contributed by atoms with van der Waals surface area (Å²) in [6, 6.07) is 12.8. The highest BCUT2D eigenvalue weighted by Gasteiger charge is 2.20. The molecule has 1 aliphatic heterocycles. The molecule has 1 N–H and O–H groups in total. The normalized spacial score (nSPS) is 14.9. The van der Waals surface area contributed by atoms with Gasteiger partial charge in [0.05, 0.1) is 10.6 Å². The summed E-state index contributed by atoms with van der Waals surface area (Å²) in [5.74, 6) is 0.0877. The fourth-order valence-electron chi connectivity index (χ4n) is 3.25. The topological polar surface area (TPSA) is 69.7 Å². The van der Waals surface area contributed by atoms with Crippen LogP contribution in [-0.2, 0) is 14.8 Å². The van der Waals surface area contributed by atoms with Gasteiger partial charge in [0.25, 0.3) is 10.0 Å². The molecule has 0 bridgehead atoms. The van der Waals surface area contributed by atoms with E-state index in [2.05, 4.69) is 9.62 Å². The minimum absolute atomic E-state index is 0.0877. The summed E-state index contributed by atoms with van der Waals surface area (Å²) in [5.41, 5.74) is 3.09. The lowest BCUT2D eigenvalue weighted by molar-refractivity contribution is -0.129. The molecule has 0 atom stereocenters. The summed E-state index contributed by atoms with van der Waals surface area (Å²) in [6.07, 6.45) is 0. The molecule has 7 heteroatoms. The number of anilines is 2. The van der Waals surface area contributed by atoms with E-state index in [1.807, 2.05) is 42.2 Å². The molecule has 1 aliphatic rings. The molecule has 0 aromatic heterocycles. The number of sulfonamides is 1. The molecule has 1 heterocycles. The van der Waals surface area contributed by atoms with E-state index in [-0.39, 0.29) is 5.91 Å². The molecule has 1 fully saturated rings. The van der Waals surface area contributed by atoms with E-state index in [9.17, 15) is 13.2 Å². The number of hydrogen-bond acceptors (Lipinski definition) is 4. The van der Waals surface area contributed by atoms with Crippen LogP contribution in [0.15, 0.2) is 47.4 Å². The van der Waals surface area contributed by atoms with Gasteiger partial charge in [-0.15, -0.1) is 0 Å². The molecule has 0 aliphatic carbocycles. The molecule has 27 heavy (non-hydrogen) atoms. The number of carbonyl (C=O) groups excluding carboxylic acids is 1. The Bertz CT molecular complexity index is 949. The molecule has 0 spiro atoms. The highest BCUT2D eigenvalue weighted by Crippen LogP contribution is 2.25. The molecule has 2 aromatic rings. The summed E-state index contributed by atoms with van der Waals surface area (Å²) in [4.78, 5) is 15.7. The first-order valence-corrected chi connectivity index (χ1v) is 10.5. The van der Waals surface area contributed by atoms with Crippen molar-refractivity contribution in [3.8, 4) is 0 Å². The van der Waals surface area contributed by atoms with Gasteiger partial charge in [-0.25, -0.2) is 8.42 Å². The number of hydrogen-bond donors (Lipinski definition) is 1. The minimum Gasteiger partial charge on any atom is -0.368 e. The summed E-state index contributed by atoms with van der Waals surface area (Å²) in [6.45, 7) is 8.05. The predicted octanol–water partition coefficient (Wildman–Crippen LogP) is 2.77. The van der Waals surface area contributed by atoms with Crippen molar-refractivity contribution in [1.82, 2.24) is 4.90 Å². The number of carbonyl (C=O) groups is 1. The first kappa shape index (κ1) is 19.2. The number of nitrogens with one attached hydrogen (secondary N) is 1. The van der Waals surface area contributed by atoms with Gasteiger partial charge in [0.15, 0.2) is 0 Å². The SMILES string of the molecule is CC(=O)N1CCN(c2cccc(NS(=O)(=O)c3cc(C)ccc3C)c2)CC1. The Hall–Kier alpha value is -2.54. The molecule has 6 nitrogen and oxygen atoms in total. The molecule has 0 radical (unpaired) electrons. The van der Waals surface area contributed by atoms with Crippen LogP contribution in [-0.4, -0.2) is 45.4 Å². The van der Waals surface area contributed by atoms with Crippen molar-refractivity contribution in [1.29, 1.82) is 0 Å². The van der Waals surface area contributed by atoms with Crippen LogP contribution in [0.1, 0.15) is 18.1 Å². The van der Waals surface area contributed by atoms with Crippen molar-refractivity contribution < 1.29 is 13.2 Å². The van der Waals surface area contributed by atoms with Crippen LogP contribution in [0.5, 0.6) is 0 Å². The van der Waals surface area contributed by atoms with Crippen molar-refractivity contribution in [3.05, 3.63) is 53.6 Å². The van der Waals surface area contributed by atoms with E-state index in [1.165, 1.54) is 0 Å². The first-order valence-electron chi connectivity index (χ1n) is 8.97. The van der Waals surface area contributed by atoms with Gasteiger partial charge in [-0.3, -0.25) is 9.52 Å². The van der Waals surface area contributed by atoms with Crippen LogP contribution in [0.4, 0.5) is 11.4 Å². The number of aryl methyl sites for hydroxylation is 2. The van der Waals surface area contributed by atoms with E-state index in [1.54, 1.807) is 26.0 Å². The van der Waals surface area contributed by atoms with Gasteiger partial charge in [0, 0.05) is 38.8 Å². The van der Waals surface area contributed by atoms with Gasteiger partial charge >= 0.3 is 0 Å². The standard InChI is InChI=1S/C20H25N3O3S/c1-15-7-8-16(2)20(13-15)27(25,26)21-18-5-4-6-19(14-18)23-11-9-22(10-12-23)17(3)24/h4-8,13-14,21H,9-12H2,1-3H3. The lowest BCUT2D eigenvalue weighted by atomic mass is 10.2. The third-order valence-corrected chi connectivity index (χ3v) is 6.34. The van der Waals surface area contributed by atoms with Gasteiger partial charge < -0.3 is 9.80 Å². The van der Waals surface area contributed by atoms with E-state index >= 15 is 0 Å². The minimum atomic E-state index is -3.66. The van der Waals surface area contributed by atoms with Crippen LogP contribution in [0, 0.1) is 13.8 Å². The number of benzene rings is 2. The number of piperazine rings is 1. The molecule has 144 valence electrons. The molecule has 1 amide bonds. The summed E-state index contributed by atoms with van der Waals surface area (Å²) in [7, 11) is -3.66. The van der Waals surface area contributed by atoms with Crippen molar-refractivity contribution in [2.24, 2.45) is 0 Å². The lowest BCUT2D eigenvalue weighted by Crippen LogP contribution is -2.48. The number of amides is 1. The zero-order valence-corrected chi connectivity index (χ0v) is 16.7. The maximum atomic E-state index is 12.8. The van der Waals surface area contributed by atoms with Crippen LogP contribution in [0.2, 0.25) is 0 Å². The van der Waals surface area contributed by atoms with Crippen molar-refractivity contribution in [2.45, 2.75) is 25.7 Å². The van der Waals surface area contributed by atoms with Gasteiger partial charge in [0.2, 0.25) is 5.91 Å². The third kappa shape index (κ3) is 4.42. The largest absolute Gasteiger partial charge is 0.368 e. The first-order chi connectivity index (χ1) is 12.8. The highest BCUT2D eigenvalue weighted by atomic mass is 32.2. The average Bonchev–Trinajstić information content (AvgIpc) is 2.63. The molecule has 1 saturated heterocycles. The summed E-state index contributed by atoms with van der Waals surface area (Å²) in [5, 5.41) is 0. The maximum absolute atomic E-state index is 12.8. The fourth-order valence-corrected chi connectivity index (χ4v) is 4.63. The van der Waals surface area contributed by atoms with E-state index in [0.717, 1.165) is 24.3 Å². The molecule has 0 saturated carbocycles. The molecule has 2 aromatic carbocycles. The van der Waals surface area contributed by atoms with Crippen molar-refractivity contribution in [3.63, 3.8) is 0 Å². The predicted molar refractivity (Wildman–Crippen MR) is 108 cm³/mol. The Balaban J connectivity index is 1.78. The Morgan fingerprint density at radius 3 is 2.37 bits per heavy atom. The summed E-state index contributed by atoms with van der Waals surface area (Å²) < 4.78 is 28.3. The summed E-state index contributed by atoms with van der Waals surface area (Å²) >= 11 is 0. The van der Waals surface area contributed by atoms with Crippen LogP contribution in [0.3, 0.4) is 0 Å². The van der Waals surface area contributed by atoms with Gasteiger partial charge in [-0.05, 0) is 49.2 Å². The van der Waals surface area contributed by atoms with E-state index in [0.29, 0.717) is 29.2 Å². The van der Waals surface area contributed by atoms with Gasteiger partial charge in [-0.2, -0.15) is 0 Å². The van der Waals surface area contributed by atoms with Crippen molar-refractivity contribution in [2.75, 3.05) is 35.8 Å². The second-order valence-electron chi connectivity index (χ2n) is 6.92. The lowest BCUT2D eigenvalue weighted by Gasteiger charge is -2.35. The fraction of sp³-hybridized carbons (Fsp3) is 0.350. The number of nitrogens with zero attached hydrogens (tertiary/aromatic N) is 2. The zero-order valence-electron chi connectivity index (χ0n) is 15.9. The second-order valence-corrected chi connectivity index (χ2v) is 8.57. The second kappa shape index (κ2) is 7.60. The van der Waals surface area contributed by atoms with Crippen LogP contribution >= 0.6 is 0 Å².